The summed E-state index contributed by atoms with van der Waals surface area (Å²) in [6.45, 7) is 1.08. The van der Waals surface area contributed by atoms with Gasteiger partial charge in [0.15, 0.2) is 0 Å². The molecule has 0 aromatic heterocycles. The lowest BCUT2D eigenvalue weighted by molar-refractivity contribution is 1.15. The van der Waals surface area contributed by atoms with Crippen molar-refractivity contribution in [1.29, 1.82) is 0 Å². The second-order valence-electron chi connectivity index (χ2n) is 0.928. The van der Waals surface area contributed by atoms with E-state index in [0.29, 0.717) is 0 Å². The molecule has 28 valence electrons. The molecule has 0 aromatic carbocycles. The number of hydrogen-bond donors (Lipinski definition) is 1. The minimum absolute atomic E-state index is 0.878. The highest BCUT2D eigenvalue weighted by Crippen LogP contribution is 2.08. The quantitative estimate of drug-likeness (QED) is 0.429. The molecule has 0 saturated carbocycles. The summed E-state index contributed by atoms with van der Waals surface area (Å²) in [5, 5.41) is 3.14. The molecule has 0 saturated heterocycles. The van der Waals surface area contributed by atoms with Crippen molar-refractivity contribution in [3.63, 3.8) is 0 Å². The summed E-state index contributed by atoms with van der Waals surface area (Å²) in [7, 11) is 0.878. The van der Waals surface area contributed by atoms with Gasteiger partial charge < -0.3 is 0 Å². The second-order valence-corrected chi connectivity index (χ2v) is 1.90. The molecule has 0 aromatic rings. The molecule has 1 N–H and O–H groups in total. The van der Waals surface area contributed by atoms with Gasteiger partial charge in [0.25, 0.3) is 0 Å². The van der Waals surface area contributed by atoms with E-state index in [4.69, 9.17) is 0 Å². The van der Waals surface area contributed by atoms with Crippen molar-refractivity contribution in [1.82, 2.24) is 5.09 Å². The normalized spacial score (nSPS) is 25.6. The zero-order valence-electron chi connectivity index (χ0n) is 2.86. The van der Waals surface area contributed by atoms with Crippen molar-refractivity contribution in [3.8, 4) is 0 Å². The number of rotatable bonds is 0. The maximum Gasteiger partial charge on any atom is 0.0175 e. The first kappa shape index (κ1) is 3.32. The van der Waals surface area contributed by atoms with Crippen molar-refractivity contribution >= 4 is 8.73 Å². The van der Waals surface area contributed by atoms with E-state index in [1.165, 1.54) is 0 Å². The molecule has 1 rings (SSSR count). The third kappa shape index (κ3) is 0.712. The van der Waals surface area contributed by atoms with E-state index < -0.39 is 0 Å². The van der Waals surface area contributed by atoms with E-state index in [9.17, 15) is 0 Å². The van der Waals surface area contributed by atoms with Crippen molar-refractivity contribution < 1.29 is 0 Å². The summed E-state index contributed by atoms with van der Waals surface area (Å²) >= 11 is 0. The second kappa shape index (κ2) is 1.54. The lowest BCUT2D eigenvalue weighted by Crippen LogP contribution is -1.90. The Kier molecular flexibility index (Phi) is 1.02. The Labute approximate surface area is 33.3 Å². The van der Waals surface area contributed by atoms with Crippen molar-refractivity contribution in [2.45, 2.75) is 0 Å². The van der Waals surface area contributed by atoms with E-state index in [2.05, 4.69) is 17.0 Å². The Morgan fingerprint density at radius 3 is 3.00 bits per heavy atom. The molecular weight excluding hydrogens is 81.0 g/mol. The Balaban J connectivity index is 2.32. The molecule has 0 amide bonds. The Morgan fingerprint density at radius 1 is 1.80 bits per heavy atom. The number of hydrogen-bond acceptors (Lipinski definition) is 1. The first-order valence-corrected chi connectivity index (χ1v) is 2.71. The van der Waals surface area contributed by atoms with Gasteiger partial charge in [0.05, 0.1) is 0 Å². The predicted octanol–water partition coefficient (Wildman–Crippen LogP) is 0.697. The highest BCUT2D eigenvalue weighted by atomic mass is 31.1. The molecule has 1 aliphatic heterocycles. The van der Waals surface area contributed by atoms with Crippen LogP contribution in [-0.4, -0.2) is 6.54 Å². The minimum Gasteiger partial charge on any atom is -0.291 e. The largest absolute Gasteiger partial charge is 0.291 e. The van der Waals surface area contributed by atoms with Crippen LogP contribution in [0.25, 0.3) is 0 Å². The average Bonchev–Trinajstić information content (AvgIpc) is 1.76. The van der Waals surface area contributed by atoms with Gasteiger partial charge in [-0.3, -0.25) is 5.09 Å². The maximum absolute atomic E-state index is 3.14. The van der Waals surface area contributed by atoms with Gasteiger partial charge in [0.1, 0.15) is 0 Å². The molecule has 0 spiro atoms. The summed E-state index contributed by atoms with van der Waals surface area (Å²) in [6, 6.07) is 0. The molecule has 2 heteroatoms. The Morgan fingerprint density at radius 2 is 2.80 bits per heavy atom. The topological polar surface area (TPSA) is 12.0 Å². The van der Waals surface area contributed by atoms with Crippen LogP contribution in [0.3, 0.4) is 0 Å². The number of nitrogens with one attached hydrogen (secondary N) is 1. The zero-order chi connectivity index (χ0) is 3.54. The summed E-state index contributed by atoms with van der Waals surface area (Å²) < 4.78 is 0. The van der Waals surface area contributed by atoms with Crippen LogP contribution < -0.4 is 5.09 Å². The first-order valence-electron chi connectivity index (χ1n) is 1.63. The highest BCUT2D eigenvalue weighted by Gasteiger charge is 1.81. The standard InChI is InChI=1S/C3H6NP/c1-2-4-5-3-1/h1,3-5H,2H2. The Hall–Kier alpha value is 0.130. The molecule has 0 fully saturated rings. The molecule has 0 bridgehead atoms. The van der Waals surface area contributed by atoms with Gasteiger partial charge in [-0.05, 0) is 8.73 Å². The summed E-state index contributed by atoms with van der Waals surface area (Å²) in [4.78, 5) is 0. The summed E-state index contributed by atoms with van der Waals surface area (Å²) in [5.41, 5.74) is 0. The van der Waals surface area contributed by atoms with Crippen LogP contribution in [0.1, 0.15) is 0 Å². The van der Waals surface area contributed by atoms with Crippen LogP contribution in [0.2, 0.25) is 0 Å². The lowest BCUT2D eigenvalue weighted by atomic mass is 10.7. The van der Waals surface area contributed by atoms with E-state index >= 15 is 0 Å². The van der Waals surface area contributed by atoms with E-state index in [1.54, 1.807) is 0 Å². The lowest BCUT2D eigenvalue weighted by Gasteiger charge is -1.77. The average molecular weight is 87.1 g/mol. The van der Waals surface area contributed by atoms with Crippen molar-refractivity contribution in [3.05, 3.63) is 11.9 Å². The predicted molar refractivity (Wildman–Crippen MR) is 25.5 cm³/mol. The molecule has 1 atom stereocenters. The molecule has 1 nitrogen and oxygen atoms in total. The molecule has 0 radical (unpaired) electrons. The molecule has 1 aliphatic rings. The van der Waals surface area contributed by atoms with Crippen LogP contribution in [0, 0.1) is 0 Å². The van der Waals surface area contributed by atoms with Gasteiger partial charge >= 0.3 is 0 Å². The molecule has 0 aliphatic carbocycles. The minimum atomic E-state index is 0.878. The fourth-order valence-corrected chi connectivity index (χ4v) is 0.884. The monoisotopic (exact) mass is 87.0 g/mol. The van der Waals surface area contributed by atoms with Crippen molar-refractivity contribution in [2.75, 3.05) is 6.54 Å². The van der Waals surface area contributed by atoms with E-state index in [0.717, 1.165) is 15.3 Å². The van der Waals surface area contributed by atoms with E-state index in [-0.39, 0.29) is 0 Å². The van der Waals surface area contributed by atoms with Gasteiger partial charge in [0, 0.05) is 6.54 Å². The third-order valence-corrected chi connectivity index (χ3v) is 1.33. The fraction of sp³-hybridized carbons (Fsp3) is 0.333. The van der Waals surface area contributed by atoms with Crippen LogP contribution in [0.4, 0.5) is 0 Å². The van der Waals surface area contributed by atoms with Crippen LogP contribution in [0.15, 0.2) is 11.9 Å². The smallest absolute Gasteiger partial charge is 0.0175 e. The zero-order valence-corrected chi connectivity index (χ0v) is 3.86. The third-order valence-electron chi connectivity index (χ3n) is 0.523. The highest BCUT2D eigenvalue weighted by molar-refractivity contribution is 7.39. The SMILES string of the molecule is C1=CPNC1. The maximum atomic E-state index is 3.14. The van der Waals surface area contributed by atoms with Crippen LogP contribution in [-0.2, 0) is 0 Å². The van der Waals surface area contributed by atoms with Crippen molar-refractivity contribution in [2.24, 2.45) is 0 Å². The van der Waals surface area contributed by atoms with Gasteiger partial charge in [0.2, 0.25) is 0 Å². The van der Waals surface area contributed by atoms with Gasteiger partial charge in [-0.15, -0.1) is 0 Å². The molecule has 1 unspecified atom stereocenters. The van der Waals surface area contributed by atoms with Crippen LogP contribution in [0.5, 0.6) is 0 Å². The fourth-order valence-electron chi connectivity index (χ4n) is 0.295. The van der Waals surface area contributed by atoms with Gasteiger partial charge in [-0.25, -0.2) is 0 Å². The molecule has 5 heavy (non-hydrogen) atoms. The van der Waals surface area contributed by atoms with Crippen LogP contribution >= 0.6 is 8.73 Å². The Bertz CT molecular complexity index is 44.9. The summed E-state index contributed by atoms with van der Waals surface area (Å²) in [5.74, 6) is 2.15. The molecular formula is C3H6NP. The van der Waals surface area contributed by atoms with E-state index in [1.807, 2.05) is 0 Å². The van der Waals surface area contributed by atoms with Gasteiger partial charge in [-0.1, -0.05) is 11.9 Å². The first-order chi connectivity index (χ1) is 2.50. The van der Waals surface area contributed by atoms with Gasteiger partial charge in [-0.2, -0.15) is 0 Å². The summed E-state index contributed by atoms with van der Waals surface area (Å²) in [6.07, 6.45) is 2.14. The molecule has 1 heterocycles.